The fraction of sp³-hybridized carbons (Fsp3) is 0.235. The monoisotopic (exact) mass is 392 g/mol. The van der Waals surface area contributed by atoms with E-state index in [0.717, 1.165) is 0 Å². The summed E-state index contributed by atoms with van der Waals surface area (Å²) in [6.07, 6.45) is 1.42. The van der Waals surface area contributed by atoms with Crippen LogP contribution in [0.1, 0.15) is 28.9 Å². The zero-order valence-corrected chi connectivity index (χ0v) is 15.2. The van der Waals surface area contributed by atoms with Crippen LogP contribution in [0.5, 0.6) is 5.75 Å². The Balaban J connectivity index is 1.62. The number of carbonyl (C=O) groups excluding carboxylic acids is 1. The second-order valence-electron chi connectivity index (χ2n) is 5.25. The summed E-state index contributed by atoms with van der Waals surface area (Å²) in [5, 5.41) is 8.32. The largest absolute Gasteiger partial charge is 0.482 e. The van der Waals surface area contributed by atoms with Crippen LogP contribution in [0.3, 0.4) is 0 Å². The molecule has 1 aromatic carbocycles. The Morgan fingerprint density at radius 1 is 1.33 bits per heavy atom. The highest BCUT2D eigenvalue weighted by atomic mass is 32.2. The van der Waals surface area contributed by atoms with Gasteiger partial charge in [-0.15, -0.1) is 10.2 Å². The minimum Gasteiger partial charge on any atom is -0.482 e. The lowest BCUT2D eigenvalue weighted by atomic mass is 10.3. The van der Waals surface area contributed by atoms with Crippen LogP contribution in [0.4, 0.5) is 4.39 Å². The fourth-order valence-corrected chi connectivity index (χ4v) is 3.01. The molecule has 0 aliphatic carbocycles. The molecule has 0 radical (unpaired) electrons. The first-order chi connectivity index (χ1) is 13.1. The average Bonchev–Trinajstić information content (AvgIpc) is 3.26. The number of para-hydroxylation sites is 1. The Morgan fingerprint density at radius 2 is 2.15 bits per heavy atom. The molecule has 0 saturated heterocycles. The van der Waals surface area contributed by atoms with E-state index in [1.165, 1.54) is 34.8 Å². The first-order valence-corrected chi connectivity index (χ1v) is 9.01. The standard InChI is InChI=1S/C17H17FN4O4S/c1-2-24-16(23)11-7-8-25-14(11)10-27-17-21-20-15(22(17)19)9-26-13-6-4-3-5-12(13)18/h3-8H,2,9-10,19H2,1H3. The maximum atomic E-state index is 13.6. The molecule has 3 rings (SSSR count). The van der Waals surface area contributed by atoms with Gasteiger partial charge in [0, 0.05) is 0 Å². The van der Waals surface area contributed by atoms with Gasteiger partial charge in [-0.3, -0.25) is 0 Å². The molecule has 0 aliphatic rings. The molecule has 27 heavy (non-hydrogen) atoms. The van der Waals surface area contributed by atoms with Crippen molar-refractivity contribution < 1.29 is 23.1 Å². The number of thioether (sulfide) groups is 1. The van der Waals surface area contributed by atoms with Crippen LogP contribution in [0, 0.1) is 5.82 Å². The lowest BCUT2D eigenvalue weighted by molar-refractivity contribution is 0.0524. The van der Waals surface area contributed by atoms with Gasteiger partial charge in [-0.1, -0.05) is 23.9 Å². The molecule has 0 fully saturated rings. The molecule has 0 aliphatic heterocycles. The van der Waals surface area contributed by atoms with Crippen molar-refractivity contribution in [1.29, 1.82) is 0 Å². The highest BCUT2D eigenvalue weighted by Gasteiger charge is 2.18. The van der Waals surface area contributed by atoms with E-state index in [-0.39, 0.29) is 19.0 Å². The van der Waals surface area contributed by atoms with Gasteiger partial charge in [-0.25, -0.2) is 13.9 Å². The quantitative estimate of drug-likeness (QED) is 0.354. The number of hydrogen-bond donors (Lipinski definition) is 1. The Hall–Kier alpha value is -3.01. The predicted molar refractivity (Wildman–Crippen MR) is 95.1 cm³/mol. The van der Waals surface area contributed by atoms with Gasteiger partial charge >= 0.3 is 5.97 Å². The number of carbonyl (C=O) groups is 1. The number of esters is 1. The smallest absolute Gasteiger partial charge is 0.341 e. The SMILES string of the molecule is CCOC(=O)c1ccoc1CSc1nnc(COc2ccccc2F)n1N. The van der Waals surface area contributed by atoms with Gasteiger partial charge in [-0.05, 0) is 25.1 Å². The van der Waals surface area contributed by atoms with Crippen molar-refractivity contribution in [3.05, 3.63) is 59.6 Å². The molecule has 0 saturated carbocycles. The Morgan fingerprint density at radius 3 is 2.93 bits per heavy atom. The summed E-state index contributed by atoms with van der Waals surface area (Å²) >= 11 is 1.23. The van der Waals surface area contributed by atoms with Crippen molar-refractivity contribution in [2.24, 2.45) is 0 Å². The van der Waals surface area contributed by atoms with Gasteiger partial charge in [0.05, 0.1) is 18.6 Å². The van der Waals surface area contributed by atoms with Crippen molar-refractivity contribution >= 4 is 17.7 Å². The van der Waals surface area contributed by atoms with Gasteiger partial charge in [0.2, 0.25) is 5.16 Å². The van der Waals surface area contributed by atoms with Crippen LogP contribution in [0.2, 0.25) is 0 Å². The third-order valence-electron chi connectivity index (χ3n) is 3.50. The zero-order valence-electron chi connectivity index (χ0n) is 14.4. The Kier molecular flexibility index (Phi) is 5.97. The van der Waals surface area contributed by atoms with Crippen molar-refractivity contribution in [3.8, 4) is 5.75 Å². The molecule has 142 valence electrons. The highest BCUT2D eigenvalue weighted by molar-refractivity contribution is 7.98. The van der Waals surface area contributed by atoms with E-state index in [1.54, 1.807) is 25.1 Å². The molecule has 0 bridgehead atoms. The molecule has 0 atom stereocenters. The lowest BCUT2D eigenvalue weighted by Crippen LogP contribution is -2.16. The summed E-state index contributed by atoms with van der Waals surface area (Å²) in [5.74, 6) is 6.23. The van der Waals surface area contributed by atoms with E-state index >= 15 is 0 Å². The zero-order chi connectivity index (χ0) is 19.2. The van der Waals surface area contributed by atoms with E-state index in [4.69, 9.17) is 19.7 Å². The predicted octanol–water partition coefficient (Wildman–Crippen LogP) is 2.77. The maximum absolute atomic E-state index is 13.6. The summed E-state index contributed by atoms with van der Waals surface area (Å²) < 4.78 is 30.5. The second-order valence-corrected chi connectivity index (χ2v) is 6.20. The number of nitrogens with two attached hydrogens (primary N) is 1. The van der Waals surface area contributed by atoms with Gasteiger partial charge < -0.3 is 19.7 Å². The normalized spacial score (nSPS) is 10.7. The number of rotatable bonds is 8. The van der Waals surface area contributed by atoms with E-state index < -0.39 is 11.8 Å². The van der Waals surface area contributed by atoms with Crippen LogP contribution >= 0.6 is 11.8 Å². The molecular formula is C17H17FN4O4S. The Bertz CT molecular complexity index is 927. The average molecular weight is 392 g/mol. The molecule has 2 heterocycles. The van der Waals surface area contributed by atoms with E-state index in [1.807, 2.05) is 0 Å². The highest BCUT2D eigenvalue weighted by Crippen LogP contribution is 2.24. The number of furan rings is 1. The Labute approximate surface area is 158 Å². The molecule has 0 unspecified atom stereocenters. The summed E-state index contributed by atoms with van der Waals surface area (Å²) in [6.45, 7) is 1.97. The van der Waals surface area contributed by atoms with Crippen LogP contribution in [0.25, 0.3) is 0 Å². The van der Waals surface area contributed by atoms with E-state index in [9.17, 15) is 9.18 Å². The number of halogens is 1. The van der Waals surface area contributed by atoms with Crippen LogP contribution in [0.15, 0.2) is 46.2 Å². The number of ether oxygens (including phenoxy) is 2. The third-order valence-corrected chi connectivity index (χ3v) is 4.44. The van der Waals surface area contributed by atoms with Gasteiger partial charge in [-0.2, -0.15) is 0 Å². The topological polar surface area (TPSA) is 105 Å². The van der Waals surface area contributed by atoms with Crippen molar-refractivity contribution in [2.45, 2.75) is 24.4 Å². The summed E-state index contributed by atoms with van der Waals surface area (Å²) in [7, 11) is 0. The molecule has 10 heteroatoms. The first-order valence-electron chi connectivity index (χ1n) is 8.03. The van der Waals surface area contributed by atoms with Crippen molar-refractivity contribution in [3.63, 3.8) is 0 Å². The van der Waals surface area contributed by atoms with E-state index in [0.29, 0.717) is 28.1 Å². The minimum absolute atomic E-state index is 0.0418. The maximum Gasteiger partial charge on any atom is 0.341 e. The van der Waals surface area contributed by atoms with Crippen LogP contribution in [-0.4, -0.2) is 27.4 Å². The van der Waals surface area contributed by atoms with Gasteiger partial charge in [0.25, 0.3) is 0 Å². The molecule has 0 amide bonds. The van der Waals surface area contributed by atoms with Crippen molar-refractivity contribution in [2.75, 3.05) is 12.4 Å². The van der Waals surface area contributed by atoms with Gasteiger partial charge in [0.1, 0.15) is 17.9 Å². The number of hydrogen-bond acceptors (Lipinski definition) is 8. The second kappa shape index (κ2) is 8.58. The fourth-order valence-electron chi connectivity index (χ4n) is 2.18. The molecule has 2 N–H and O–H groups in total. The molecule has 8 nitrogen and oxygen atoms in total. The summed E-state index contributed by atoms with van der Waals surface area (Å²) in [5.41, 5.74) is 0.357. The van der Waals surface area contributed by atoms with Crippen LogP contribution in [-0.2, 0) is 17.1 Å². The van der Waals surface area contributed by atoms with Crippen LogP contribution < -0.4 is 10.6 Å². The molecule has 2 aromatic heterocycles. The number of nitrogens with zero attached hydrogens (tertiary/aromatic N) is 3. The number of benzene rings is 1. The summed E-state index contributed by atoms with van der Waals surface area (Å²) in [4.78, 5) is 11.9. The van der Waals surface area contributed by atoms with Gasteiger partial charge in [0.15, 0.2) is 17.4 Å². The summed E-state index contributed by atoms with van der Waals surface area (Å²) in [6, 6.07) is 7.60. The van der Waals surface area contributed by atoms with Crippen molar-refractivity contribution in [1.82, 2.24) is 14.9 Å². The lowest BCUT2D eigenvalue weighted by Gasteiger charge is -2.07. The number of nitrogen functional groups attached to an aromatic ring is 1. The van der Waals surface area contributed by atoms with E-state index in [2.05, 4.69) is 10.2 Å². The molecule has 0 spiro atoms. The first kappa shape index (κ1) is 18.8. The number of aromatic nitrogens is 3. The third kappa shape index (κ3) is 4.40. The molecular weight excluding hydrogens is 375 g/mol. The molecule has 3 aromatic rings. The minimum atomic E-state index is -0.473.